The van der Waals surface area contributed by atoms with Crippen molar-refractivity contribution in [1.29, 1.82) is 0 Å². The number of rotatable bonds is 5. The fourth-order valence-electron chi connectivity index (χ4n) is 2.35. The molecule has 1 N–H and O–H groups in total. The van der Waals surface area contributed by atoms with Crippen LogP contribution in [0.5, 0.6) is 5.75 Å². The number of halogens is 1. The highest BCUT2D eigenvalue weighted by molar-refractivity contribution is 9.10. The normalized spacial score (nSPS) is 15.5. The lowest BCUT2D eigenvalue weighted by Gasteiger charge is -2.14. The molecule has 0 aromatic heterocycles. The summed E-state index contributed by atoms with van der Waals surface area (Å²) in [6.07, 6.45) is 0.784. The van der Waals surface area contributed by atoms with E-state index >= 15 is 0 Å². The summed E-state index contributed by atoms with van der Waals surface area (Å²) < 4.78 is 30.7. The Kier molecular flexibility index (Phi) is 4.39. The number of hydrogen-bond donors (Lipinski definition) is 1. The van der Waals surface area contributed by atoms with E-state index in [1.165, 1.54) is 0 Å². The molecule has 110 valence electrons. The van der Waals surface area contributed by atoms with Crippen LogP contribution in [-0.4, -0.2) is 31.4 Å². The number of carboxylic acid groups (broad SMARTS) is 1. The first-order valence-electron chi connectivity index (χ1n) is 6.23. The molecule has 0 amide bonds. The maximum atomic E-state index is 12.2. The monoisotopic (exact) mass is 362 g/mol. The Morgan fingerprint density at radius 1 is 1.50 bits per heavy atom. The summed E-state index contributed by atoms with van der Waals surface area (Å²) in [5, 5.41) is 7.64. The molecule has 1 heterocycles. The predicted octanol–water partition coefficient (Wildman–Crippen LogP) is 2.16. The third kappa shape index (κ3) is 2.98. The van der Waals surface area contributed by atoms with Gasteiger partial charge < -0.3 is 9.84 Å². The van der Waals surface area contributed by atoms with Crippen LogP contribution in [0.1, 0.15) is 24.5 Å². The molecule has 0 fully saturated rings. The highest BCUT2D eigenvalue weighted by Gasteiger charge is 2.32. The van der Waals surface area contributed by atoms with Crippen LogP contribution in [-0.2, 0) is 26.8 Å². The van der Waals surface area contributed by atoms with Gasteiger partial charge in [0.2, 0.25) is 0 Å². The lowest BCUT2D eigenvalue weighted by atomic mass is 10.1. The summed E-state index contributed by atoms with van der Waals surface area (Å²) in [7, 11) is -3.76. The van der Waals surface area contributed by atoms with Crippen LogP contribution < -0.4 is 4.74 Å². The second kappa shape index (κ2) is 5.73. The Morgan fingerprint density at radius 2 is 2.20 bits per heavy atom. The third-order valence-electron chi connectivity index (χ3n) is 3.26. The maximum absolute atomic E-state index is 12.2. The number of aliphatic carboxylic acids is 1. The molecule has 0 spiro atoms. The van der Waals surface area contributed by atoms with E-state index in [0.717, 1.165) is 16.5 Å². The van der Waals surface area contributed by atoms with Gasteiger partial charge in [-0.3, -0.25) is 4.79 Å². The molecule has 7 heteroatoms. The van der Waals surface area contributed by atoms with Crippen molar-refractivity contribution in [2.75, 3.05) is 6.61 Å². The van der Waals surface area contributed by atoms with Crippen molar-refractivity contribution in [2.45, 2.75) is 30.8 Å². The Balaban J connectivity index is 2.37. The lowest BCUT2D eigenvalue weighted by Crippen LogP contribution is -2.30. The second-order valence-corrected chi connectivity index (χ2v) is 7.79. The molecule has 1 aliphatic rings. The van der Waals surface area contributed by atoms with Crippen LogP contribution in [0.3, 0.4) is 0 Å². The van der Waals surface area contributed by atoms with E-state index in [-0.39, 0.29) is 12.2 Å². The Bertz CT molecular complexity index is 638. The standard InChI is InChI=1S/C13H15BrO5S/c1-2-11(13(15)16)20(17,18)7-9-6-10(14)5-8-3-4-19-12(8)9/h5-6,11H,2-4,7H2,1H3,(H,15,16). The molecule has 20 heavy (non-hydrogen) atoms. The Hall–Kier alpha value is -1.08. The lowest BCUT2D eigenvalue weighted by molar-refractivity contribution is -0.136. The number of benzene rings is 1. The Labute approximate surface area is 126 Å². The first kappa shape index (κ1) is 15.3. The van der Waals surface area contributed by atoms with E-state index in [1.54, 1.807) is 13.0 Å². The van der Waals surface area contributed by atoms with Crippen LogP contribution >= 0.6 is 15.9 Å². The van der Waals surface area contributed by atoms with Crippen LogP contribution in [0.4, 0.5) is 0 Å². The minimum Gasteiger partial charge on any atom is -0.493 e. The van der Waals surface area contributed by atoms with Crippen molar-refractivity contribution in [1.82, 2.24) is 0 Å². The molecule has 5 nitrogen and oxygen atoms in total. The quantitative estimate of drug-likeness (QED) is 0.867. The van der Waals surface area contributed by atoms with Gasteiger partial charge in [-0.25, -0.2) is 8.42 Å². The molecule has 1 aromatic carbocycles. The molecule has 1 aliphatic heterocycles. The summed E-state index contributed by atoms with van der Waals surface area (Å²) in [6, 6.07) is 3.57. The molecule has 1 atom stereocenters. The third-order valence-corrected chi connectivity index (χ3v) is 5.83. The SMILES string of the molecule is CCC(C(=O)O)S(=O)(=O)Cc1cc(Br)cc2c1OCC2. The van der Waals surface area contributed by atoms with Gasteiger partial charge >= 0.3 is 5.97 Å². The molecule has 0 aliphatic carbocycles. The first-order valence-corrected chi connectivity index (χ1v) is 8.74. The molecule has 0 saturated carbocycles. The highest BCUT2D eigenvalue weighted by Crippen LogP contribution is 2.34. The zero-order chi connectivity index (χ0) is 14.9. The van der Waals surface area contributed by atoms with Crippen molar-refractivity contribution in [3.05, 3.63) is 27.7 Å². The van der Waals surface area contributed by atoms with Gasteiger partial charge in [0, 0.05) is 16.5 Å². The smallest absolute Gasteiger partial charge is 0.321 e. The molecule has 1 unspecified atom stereocenters. The molecule has 1 aromatic rings. The largest absolute Gasteiger partial charge is 0.493 e. The van der Waals surface area contributed by atoms with Crippen molar-refractivity contribution in [2.24, 2.45) is 0 Å². The average Bonchev–Trinajstić information content (AvgIpc) is 2.75. The zero-order valence-corrected chi connectivity index (χ0v) is 13.3. The number of ether oxygens (including phenoxy) is 1. The number of carboxylic acids is 1. The van der Waals surface area contributed by atoms with Gasteiger partial charge in [0.1, 0.15) is 5.75 Å². The summed E-state index contributed by atoms with van der Waals surface area (Å²) in [4.78, 5) is 11.0. The van der Waals surface area contributed by atoms with E-state index in [0.29, 0.717) is 17.9 Å². The van der Waals surface area contributed by atoms with Gasteiger partial charge in [0.15, 0.2) is 15.1 Å². The molecule has 2 rings (SSSR count). The number of sulfone groups is 1. The fraction of sp³-hybridized carbons (Fsp3) is 0.462. The van der Waals surface area contributed by atoms with Gasteiger partial charge in [0.25, 0.3) is 0 Å². The van der Waals surface area contributed by atoms with Crippen LogP contribution in [0.25, 0.3) is 0 Å². The fourth-order valence-corrected chi connectivity index (χ4v) is 4.57. The number of carbonyl (C=O) groups is 1. The van der Waals surface area contributed by atoms with Gasteiger partial charge in [-0.1, -0.05) is 22.9 Å². The summed E-state index contributed by atoms with van der Waals surface area (Å²) in [5.74, 6) is -1.04. The molecular formula is C13H15BrO5S. The average molecular weight is 363 g/mol. The summed E-state index contributed by atoms with van der Waals surface area (Å²) in [5.41, 5.74) is 1.47. The van der Waals surface area contributed by atoms with E-state index in [2.05, 4.69) is 15.9 Å². The zero-order valence-electron chi connectivity index (χ0n) is 10.9. The van der Waals surface area contributed by atoms with E-state index in [9.17, 15) is 13.2 Å². The van der Waals surface area contributed by atoms with Crippen molar-refractivity contribution in [3.8, 4) is 5.75 Å². The van der Waals surface area contributed by atoms with Crippen LogP contribution in [0.2, 0.25) is 0 Å². The van der Waals surface area contributed by atoms with Crippen molar-refractivity contribution >= 4 is 31.7 Å². The number of fused-ring (bicyclic) bond motifs is 1. The minimum atomic E-state index is -3.76. The molecule has 0 saturated heterocycles. The van der Waals surface area contributed by atoms with Gasteiger partial charge in [-0.05, 0) is 24.1 Å². The van der Waals surface area contributed by atoms with Crippen molar-refractivity contribution < 1.29 is 23.1 Å². The van der Waals surface area contributed by atoms with E-state index in [1.807, 2.05) is 6.07 Å². The summed E-state index contributed by atoms with van der Waals surface area (Å²) in [6.45, 7) is 2.08. The van der Waals surface area contributed by atoms with Gasteiger partial charge in [-0.2, -0.15) is 0 Å². The maximum Gasteiger partial charge on any atom is 0.321 e. The van der Waals surface area contributed by atoms with Gasteiger partial charge in [-0.15, -0.1) is 0 Å². The van der Waals surface area contributed by atoms with E-state index < -0.39 is 21.1 Å². The topological polar surface area (TPSA) is 80.7 Å². The first-order chi connectivity index (χ1) is 9.35. The van der Waals surface area contributed by atoms with Crippen LogP contribution in [0, 0.1) is 0 Å². The van der Waals surface area contributed by atoms with E-state index in [4.69, 9.17) is 9.84 Å². The van der Waals surface area contributed by atoms with Crippen molar-refractivity contribution in [3.63, 3.8) is 0 Å². The molecule has 0 bridgehead atoms. The van der Waals surface area contributed by atoms with Gasteiger partial charge in [0.05, 0.1) is 12.4 Å². The summed E-state index contributed by atoms with van der Waals surface area (Å²) >= 11 is 3.34. The number of hydrogen-bond acceptors (Lipinski definition) is 4. The molecular weight excluding hydrogens is 348 g/mol. The minimum absolute atomic E-state index is 0.0503. The Morgan fingerprint density at radius 3 is 2.80 bits per heavy atom. The molecule has 0 radical (unpaired) electrons. The highest BCUT2D eigenvalue weighted by atomic mass is 79.9. The van der Waals surface area contributed by atoms with Crippen LogP contribution in [0.15, 0.2) is 16.6 Å². The second-order valence-electron chi connectivity index (χ2n) is 4.69. The predicted molar refractivity (Wildman–Crippen MR) is 77.7 cm³/mol.